The van der Waals surface area contributed by atoms with Gasteiger partial charge in [0.05, 0.1) is 6.10 Å². The Labute approximate surface area is 108 Å². The van der Waals surface area contributed by atoms with Crippen molar-refractivity contribution in [2.24, 2.45) is 5.92 Å². The SMILES string of the molecule is CCCCC(CC)COC1CCCC1I. The molecule has 3 unspecified atom stereocenters. The molecule has 90 valence electrons. The van der Waals surface area contributed by atoms with Crippen molar-refractivity contribution in [2.75, 3.05) is 6.61 Å². The average Bonchev–Trinajstić information content (AvgIpc) is 2.65. The van der Waals surface area contributed by atoms with E-state index in [4.69, 9.17) is 4.74 Å². The van der Waals surface area contributed by atoms with Gasteiger partial charge in [-0.1, -0.05) is 55.7 Å². The van der Waals surface area contributed by atoms with Gasteiger partial charge in [-0.3, -0.25) is 0 Å². The van der Waals surface area contributed by atoms with Gasteiger partial charge in [-0.05, 0) is 31.6 Å². The van der Waals surface area contributed by atoms with Crippen LogP contribution in [0, 0.1) is 5.92 Å². The third-order valence-electron chi connectivity index (χ3n) is 3.46. The number of ether oxygens (including phenoxy) is 1. The van der Waals surface area contributed by atoms with Crippen molar-refractivity contribution < 1.29 is 4.74 Å². The summed E-state index contributed by atoms with van der Waals surface area (Å²) < 4.78 is 6.83. The van der Waals surface area contributed by atoms with Gasteiger partial charge in [0.1, 0.15) is 0 Å². The molecular formula is C13H25IO. The van der Waals surface area contributed by atoms with Crippen molar-refractivity contribution in [3.05, 3.63) is 0 Å². The third-order valence-corrected chi connectivity index (χ3v) is 4.89. The van der Waals surface area contributed by atoms with E-state index < -0.39 is 0 Å². The monoisotopic (exact) mass is 324 g/mol. The van der Waals surface area contributed by atoms with Crippen LogP contribution in [0.15, 0.2) is 0 Å². The Morgan fingerprint density at radius 3 is 2.67 bits per heavy atom. The molecule has 2 heteroatoms. The first kappa shape index (κ1) is 13.8. The fourth-order valence-electron chi connectivity index (χ4n) is 2.23. The molecule has 1 saturated carbocycles. The fraction of sp³-hybridized carbons (Fsp3) is 1.00. The molecule has 1 rings (SSSR count). The largest absolute Gasteiger partial charge is 0.377 e. The molecule has 0 amide bonds. The van der Waals surface area contributed by atoms with Gasteiger partial charge >= 0.3 is 0 Å². The summed E-state index contributed by atoms with van der Waals surface area (Å²) in [6.07, 6.45) is 9.87. The summed E-state index contributed by atoms with van der Waals surface area (Å²) in [5, 5.41) is 0. The van der Waals surface area contributed by atoms with Crippen LogP contribution in [0.5, 0.6) is 0 Å². The maximum atomic E-state index is 6.06. The van der Waals surface area contributed by atoms with Crippen LogP contribution in [0.2, 0.25) is 0 Å². The molecule has 1 nitrogen and oxygen atoms in total. The van der Waals surface area contributed by atoms with Crippen molar-refractivity contribution in [2.45, 2.75) is 68.8 Å². The lowest BCUT2D eigenvalue weighted by Gasteiger charge is -2.20. The van der Waals surface area contributed by atoms with Gasteiger partial charge in [0.15, 0.2) is 0 Å². The van der Waals surface area contributed by atoms with Crippen LogP contribution < -0.4 is 0 Å². The molecule has 0 N–H and O–H groups in total. The summed E-state index contributed by atoms with van der Waals surface area (Å²) >= 11 is 2.56. The topological polar surface area (TPSA) is 9.23 Å². The van der Waals surface area contributed by atoms with E-state index in [2.05, 4.69) is 36.4 Å². The van der Waals surface area contributed by atoms with Gasteiger partial charge < -0.3 is 4.74 Å². The zero-order valence-corrected chi connectivity index (χ0v) is 12.3. The van der Waals surface area contributed by atoms with E-state index in [9.17, 15) is 0 Å². The minimum absolute atomic E-state index is 0.557. The number of hydrogen-bond donors (Lipinski definition) is 0. The molecule has 1 aliphatic rings. The van der Waals surface area contributed by atoms with Crippen molar-refractivity contribution in [3.63, 3.8) is 0 Å². The Morgan fingerprint density at radius 1 is 1.33 bits per heavy atom. The minimum atomic E-state index is 0.557. The van der Waals surface area contributed by atoms with Gasteiger partial charge in [0.25, 0.3) is 0 Å². The second-order valence-corrected chi connectivity index (χ2v) is 6.34. The number of rotatable bonds is 7. The standard InChI is InChI=1S/C13H25IO/c1-3-5-7-11(4-2)10-15-13-9-6-8-12(13)14/h11-13H,3-10H2,1-2H3. The molecule has 0 aromatic rings. The van der Waals surface area contributed by atoms with Crippen LogP contribution in [0.1, 0.15) is 58.8 Å². The predicted octanol–water partition coefficient (Wildman–Crippen LogP) is 4.58. The Kier molecular flexibility index (Phi) is 7.23. The van der Waals surface area contributed by atoms with Crippen LogP contribution >= 0.6 is 22.6 Å². The average molecular weight is 324 g/mol. The highest BCUT2D eigenvalue weighted by Gasteiger charge is 2.25. The molecule has 0 aliphatic heterocycles. The third kappa shape index (κ3) is 5.03. The summed E-state index contributed by atoms with van der Waals surface area (Å²) in [5.41, 5.74) is 0. The molecule has 0 aromatic heterocycles. The molecule has 0 spiro atoms. The smallest absolute Gasteiger partial charge is 0.0692 e. The summed E-state index contributed by atoms with van der Waals surface area (Å²) in [6, 6.07) is 0. The van der Waals surface area contributed by atoms with Gasteiger partial charge in [-0.2, -0.15) is 0 Å². The van der Waals surface area contributed by atoms with Gasteiger partial charge in [-0.25, -0.2) is 0 Å². The van der Waals surface area contributed by atoms with E-state index in [0.717, 1.165) is 16.4 Å². The molecule has 1 fully saturated rings. The van der Waals surface area contributed by atoms with E-state index in [-0.39, 0.29) is 0 Å². The second-order valence-electron chi connectivity index (χ2n) is 4.74. The van der Waals surface area contributed by atoms with E-state index in [1.807, 2.05) is 0 Å². The lowest BCUT2D eigenvalue weighted by molar-refractivity contribution is 0.0352. The van der Waals surface area contributed by atoms with E-state index in [1.165, 1.54) is 44.9 Å². The molecule has 1 aliphatic carbocycles. The second kappa shape index (κ2) is 7.88. The highest BCUT2D eigenvalue weighted by molar-refractivity contribution is 14.1. The molecule has 0 bridgehead atoms. The summed E-state index contributed by atoms with van der Waals surface area (Å²) in [5.74, 6) is 0.800. The molecular weight excluding hydrogens is 299 g/mol. The van der Waals surface area contributed by atoms with Crippen LogP contribution in [0.3, 0.4) is 0 Å². The molecule has 0 saturated heterocycles. The lowest BCUT2D eigenvalue weighted by atomic mass is 10.0. The van der Waals surface area contributed by atoms with Crippen LogP contribution in [0.25, 0.3) is 0 Å². The first-order valence-electron chi connectivity index (χ1n) is 6.53. The van der Waals surface area contributed by atoms with Crippen molar-refractivity contribution in [1.29, 1.82) is 0 Å². The maximum Gasteiger partial charge on any atom is 0.0692 e. The Balaban J connectivity index is 2.15. The van der Waals surface area contributed by atoms with Crippen LogP contribution in [-0.2, 0) is 4.74 Å². The maximum absolute atomic E-state index is 6.06. The Hall–Kier alpha value is 0.690. The molecule has 0 radical (unpaired) electrons. The van der Waals surface area contributed by atoms with E-state index in [1.54, 1.807) is 0 Å². The zero-order chi connectivity index (χ0) is 11.1. The normalized spacial score (nSPS) is 28.2. The quantitative estimate of drug-likeness (QED) is 0.492. The van der Waals surface area contributed by atoms with Gasteiger partial charge in [-0.15, -0.1) is 0 Å². The van der Waals surface area contributed by atoms with Crippen molar-refractivity contribution >= 4 is 22.6 Å². The molecule has 0 aromatic carbocycles. The Bertz CT molecular complexity index is 161. The zero-order valence-electron chi connectivity index (χ0n) is 10.2. The fourth-order valence-corrected chi connectivity index (χ4v) is 3.23. The molecule has 0 heterocycles. The Morgan fingerprint density at radius 2 is 2.13 bits per heavy atom. The molecule has 3 atom stereocenters. The molecule has 15 heavy (non-hydrogen) atoms. The summed E-state index contributed by atoms with van der Waals surface area (Å²) in [6.45, 7) is 5.56. The first-order chi connectivity index (χ1) is 7.27. The van der Waals surface area contributed by atoms with Crippen LogP contribution in [0.4, 0.5) is 0 Å². The number of alkyl halides is 1. The highest BCUT2D eigenvalue weighted by atomic mass is 127. The van der Waals surface area contributed by atoms with E-state index in [0.29, 0.717) is 6.10 Å². The van der Waals surface area contributed by atoms with Gasteiger partial charge in [0.2, 0.25) is 0 Å². The van der Waals surface area contributed by atoms with E-state index >= 15 is 0 Å². The van der Waals surface area contributed by atoms with Crippen molar-refractivity contribution in [3.8, 4) is 0 Å². The number of halogens is 1. The number of hydrogen-bond acceptors (Lipinski definition) is 1. The minimum Gasteiger partial charge on any atom is -0.377 e. The number of unbranched alkanes of at least 4 members (excludes halogenated alkanes) is 1. The van der Waals surface area contributed by atoms with Crippen molar-refractivity contribution in [1.82, 2.24) is 0 Å². The lowest BCUT2D eigenvalue weighted by Crippen LogP contribution is -2.21. The van der Waals surface area contributed by atoms with Gasteiger partial charge in [0, 0.05) is 10.5 Å². The first-order valence-corrected chi connectivity index (χ1v) is 7.78. The summed E-state index contributed by atoms with van der Waals surface area (Å²) in [4.78, 5) is 0. The predicted molar refractivity (Wildman–Crippen MR) is 74.7 cm³/mol. The van der Waals surface area contributed by atoms with Crippen LogP contribution in [-0.4, -0.2) is 16.6 Å². The highest BCUT2D eigenvalue weighted by Crippen LogP contribution is 2.29. The summed E-state index contributed by atoms with van der Waals surface area (Å²) in [7, 11) is 0.